The maximum atomic E-state index is 9.55. The summed E-state index contributed by atoms with van der Waals surface area (Å²) in [6.07, 6.45) is 4.42. The molecule has 0 amide bonds. The van der Waals surface area contributed by atoms with E-state index in [1.54, 1.807) is 6.08 Å². The topological polar surface area (TPSA) is 20.2 Å². The summed E-state index contributed by atoms with van der Waals surface area (Å²) < 4.78 is 0. The molecule has 3 rings (SSSR count). The van der Waals surface area contributed by atoms with Crippen molar-refractivity contribution in [1.82, 2.24) is 0 Å². The highest BCUT2D eigenvalue weighted by atomic mass is 16.3. The van der Waals surface area contributed by atoms with Gasteiger partial charge in [-0.15, -0.1) is 0 Å². The molecule has 2 aromatic rings. The minimum atomic E-state index is 0.443. The molecule has 1 heteroatoms. The summed E-state index contributed by atoms with van der Waals surface area (Å²) in [6.45, 7) is 4.29. The molecule has 100 valence electrons. The monoisotopic (exact) mass is 262 g/mol. The number of benzene rings is 2. The lowest BCUT2D eigenvalue weighted by molar-refractivity contribution is 0.406. The molecule has 0 aliphatic heterocycles. The van der Waals surface area contributed by atoms with Crippen molar-refractivity contribution in [1.29, 1.82) is 0 Å². The number of aliphatic hydroxyl groups excluding tert-OH is 1. The maximum absolute atomic E-state index is 9.55. The highest BCUT2D eigenvalue weighted by molar-refractivity contribution is 5.78. The summed E-state index contributed by atoms with van der Waals surface area (Å²) in [5.41, 5.74) is 7.48. The van der Waals surface area contributed by atoms with Crippen molar-refractivity contribution in [3.8, 4) is 11.1 Å². The summed E-state index contributed by atoms with van der Waals surface area (Å²) >= 11 is 0. The first-order valence-electron chi connectivity index (χ1n) is 6.91. The summed E-state index contributed by atoms with van der Waals surface area (Å²) in [6, 6.07) is 15.0. The van der Waals surface area contributed by atoms with Crippen LogP contribution in [0.25, 0.3) is 16.7 Å². The van der Waals surface area contributed by atoms with Crippen LogP contribution in [-0.2, 0) is 0 Å². The van der Waals surface area contributed by atoms with Gasteiger partial charge in [0.2, 0.25) is 0 Å². The first kappa shape index (κ1) is 12.7. The Hall–Kier alpha value is -2.28. The van der Waals surface area contributed by atoms with Gasteiger partial charge in [0.25, 0.3) is 0 Å². The number of aliphatic hydroxyl groups is 1. The van der Waals surface area contributed by atoms with Crippen LogP contribution in [0, 0.1) is 13.8 Å². The van der Waals surface area contributed by atoms with Crippen LogP contribution in [-0.4, -0.2) is 5.11 Å². The second-order valence-corrected chi connectivity index (χ2v) is 5.37. The van der Waals surface area contributed by atoms with Crippen molar-refractivity contribution < 1.29 is 5.11 Å². The van der Waals surface area contributed by atoms with Crippen LogP contribution in [0.4, 0.5) is 0 Å². The minimum absolute atomic E-state index is 0.443. The number of hydrogen-bond donors (Lipinski definition) is 1. The maximum Gasteiger partial charge on any atom is 0.0966 e. The molecular formula is C19H18O. The van der Waals surface area contributed by atoms with E-state index in [0.29, 0.717) is 12.2 Å². The molecule has 0 aromatic heterocycles. The molecule has 1 aliphatic rings. The zero-order chi connectivity index (χ0) is 14.1. The SMILES string of the molecule is Cc1ccccc1-c1cc(C2=CC=C(O)C2)ccc1C. The Balaban J connectivity index is 2.07. The Morgan fingerprint density at radius 3 is 2.30 bits per heavy atom. The summed E-state index contributed by atoms with van der Waals surface area (Å²) in [4.78, 5) is 0. The third-order valence-electron chi connectivity index (χ3n) is 3.89. The van der Waals surface area contributed by atoms with E-state index in [-0.39, 0.29) is 0 Å². The lowest BCUT2D eigenvalue weighted by atomic mass is 9.92. The molecule has 0 spiro atoms. The van der Waals surface area contributed by atoms with E-state index in [2.05, 4.69) is 56.3 Å². The van der Waals surface area contributed by atoms with Gasteiger partial charge in [-0.3, -0.25) is 0 Å². The number of hydrogen-bond acceptors (Lipinski definition) is 1. The van der Waals surface area contributed by atoms with Crippen molar-refractivity contribution in [2.75, 3.05) is 0 Å². The standard InChI is InChI=1S/C19H18O/c1-13-5-3-4-6-18(13)19-12-16(8-7-14(19)2)15-9-10-17(20)11-15/h3-10,12,20H,11H2,1-2H3. The van der Waals surface area contributed by atoms with Crippen LogP contribution < -0.4 is 0 Å². The molecule has 0 unspecified atom stereocenters. The molecule has 0 fully saturated rings. The van der Waals surface area contributed by atoms with Gasteiger partial charge < -0.3 is 5.11 Å². The van der Waals surface area contributed by atoms with E-state index in [1.165, 1.54) is 33.4 Å². The Morgan fingerprint density at radius 2 is 1.60 bits per heavy atom. The van der Waals surface area contributed by atoms with Crippen LogP contribution in [0.15, 0.2) is 60.4 Å². The van der Waals surface area contributed by atoms with E-state index in [9.17, 15) is 5.11 Å². The molecule has 1 nitrogen and oxygen atoms in total. The summed E-state index contributed by atoms with van der Waals surface area (Å²) in [5.74, 6) is 0.443. The molecule has 0 radical (unpaired) electrons. The number of allylic oxidation sites excluding steroid dienone is 3. The summed E-state index contributed by atoms with van der Waals surface area (Å²) in [5, 5.41) is 9.55. The second-order valence-electron chi connectivity index (χ2n) is 5.37. The largest absolute Gasteiger partial charge is 0.512 e. The Morgan fingerprint density at radius 1 is 0.850 bits per heavy atom. The predicted molar refractivity (Wildman–Crippen MR) is 84.7 cm³/mol. The molecule has 0 bridgehead atoms. The smallest absolute Gasteiger partial charge is 0.0966 e. The number of aryl methyl sites for hydroxylation is 2. The minimum Gasteiger partial charge on any atom is -0.512 e. The van der Waals surface area contributed by atoms with E-state index in [4.69, 9.17) is 0 Å². The normalized spacial score (nSPS) is 14.1. The fourth-order valence-electron chi connectivity index (χ4n) is 2.70. The van der Waals surface area contributed by atoms with Gasteiger partial charge in [-0.25, -0.2) is 0 Å². The van der Waals surface area contributed by atoms with E-state index < -0.39 is 0 Å². The predicted octanol–water partition coefficient (Wildman–Crippen LogP) is 5.20. The molecule has 1 N–H and O–H groups in total. The molecule has 0 atom stereocenters. The summed E-state index contributed by atoms with van der Waals surface area (Å²) in [7, 11) is 0. The van der Waals surface area contributed by atoms with E-state index in [1.807, 2.05) is 6.08 Å². The average Bonchev–Trinajstić information content (AvgIpc) is 2.87. The molecule has 0 saturated carbocycles. The van der Waals surface area contributed by atoms with Crippen molar-refractivity contribution in [2.24, 2.45) is 0 Å². The van der Waals surface area contributed by atoms with E-state index >= 15 is 0 Å². The van der Waals surface area contributed by atoms with Gasteiger partial charge in [-0.2, -0.15) is 0 Å². The van der Waals surface area contributed by atoms with Gasteiger partial charge in [-0.05, 0) is 59.4 Å². The van der Waals surface area contributed by atoms with Crippen molar-refractivity contribution in [2.45, 2.75) is 20.3 Å². The third-order valence-corrected chi connectivity index (χ3v) is 3.89. The van der Waals surface area contributed by atoms with Gasteiger partial charge in [0.1, 0.15) is 0 Å². The average molecular weight is 262 g/mol. The van der Waals surface area contributed by atoms with Crippen LogP contribution in [0.3, 0.4) is 0 Å². The molecule has 2 aromatic carbocycles. The van der Waals surface area contributed by atoms with Gasteiger partial charge in [0.15, 0.2) is 0 Å². The second kappa shape index (κ2) is 5.01. The van der Waals surface area contributed by atoms with Gasteiger partial charge in [-0.1, -0.05) is 42.5 Å². The first-order chi connectivity index (χ1) is 9.65. The first-order valence-corrected chi connectivity index (χ1v) is 6.91. The van der Waals surface area contributed by atoms with Crippen LogP contribution in [0.1, 0.15) is 23.1 Å². The molecule has 0 saturated heterocycles. The zero-order valence-corrected chi connectivity index (χ0v) is 11.9. The fraction of sp³-hybridized carbons (Fsp3) is 0.158. The number of rotatable bonds is 2. The molecule has 20 heavy (non-hydrogen) atoms. The lowest BCUT2D eigenvalue weighted by Gasteiger charge is -2.12. The Kier molecular flexibility index (Phi) is 3.19. The van der Waals surface area contributed by atoms with Gasteiger partial charge in [0.05, 0.1) is 5.76 Å². The van der Waals surface area contributed by atoms with Crippen molar-refractivity contribution >= 4 is 5.57 Å². The van der Waals surface area contributed by atoms with Gasteiger partial charge in [0, 0.05) is 6.42 Å². The quantitative estimate of drug-likeness (QED) is 0.788. The third kappa shape index (κ3) is 2.27. The zero-order valence-electron chi connectivity index (χ0n) is 11.9. The van der Waals surface area contributed by atoms with E-state index in [0.717, 1.165) is 0 Å². The fourth-order valence-corrected chi connectivity index (χ4v) is 2.70. The highest BCUT2D eigenvalue weighted by Crippen LogP contribution is 2.32. The lowest BCUT2D eigenvalue weighted by Crippen LogP contribution is -1.90. The molecule has 1 aliphatic carbocycles. The molecular weight excluding hydrogens is 244 g/mol. The van der Waals surface area contributed by atoms with Gasteiger partial charge >= 0.3 is 0 Å². The Labute approximate surface area is 119 Å². The highest BCUT2D eigenvalue weighted by Gasteiger charge is 2.12. The van der Waals surface area contributed by atoms with Crippen molar-refractivity contribution in [3.63, 3.8) is 0 Å². The van der Waals surface area contributed by atoms with Crippen LogP contribution >= 0.6 is 0 Å². The van der Waals surface area contributed by atoms with Crippen molar-refractivity contribution in [3.05, 3.63) is 77.1 Å². The molecule has 0 heterocycles. The van der Waals surface area contributed by atoms with Crippen LogP contribution in [0.2, 0.25) is 0 Å². The van der Waals surface area contributed by atoms with Crippen LogP contribution in [0.5, 0.6) is 0 Å². The Bertz CT molecular complexity index is 720.